The number of carbonyl (C=O) groups is 2. The lowest BCUT2D eigenvalue weighted by atomic mass is 10.2. The van der Waals surface area contributed by atoms with Crippen LogP contribution in [-0.4, -0.2) is 67.9 Å². The minimum Gasteiger partial charge on any atom is -0.471 e. The monoisotopic (exact) mass is 409 g/mol. The molecule has 0 bridgehead atoms. The first-order chi connectivity index (χ1) is 13.5. The molecule has 28 heavy (non-hydrogen) atoms. The standard InChI is InChI=1S/C17H20FN5O4S/c1-2-26-16(28)19-8-13-9-23(17(25)27-13)12-3-4-15(14(18)7-12)21-5-6-22(11-24)20-10-21/h3-4,7,10-11,13H,2,5-6,8-9H2,1H3,(H,19,28)/t13-/m0/s1. The van der Waals surface area contributed by atoms with E-state index in [9.17, 15) is 14.0 Å². The predicted molar refractivity (Wildman–Crippen MR) is 105 cm³/mol. The van der Waals surface area contributed by atoms with E-state index < -0.39 is 18.0 Å². The van der Waals surface area contributed by atoms with Crippen molar-refractivity contribution < 1.29 is 23.5 Å². The van der Waals surface area contributed by atoms with Gasteiger partial charge in [0.25, 0.3) is 5.17 Å². The Morgan fingerprint density at radius 1 is 1.50 bits per heavy atom. The number of hydrazone groups is 1. The molecule has 2 aliphatic rings. The van der Waals surface area contributed by atoms with Gasteiger partial charge in [0.05, 0.1) is 37.6 Å². The number of nitrogens with one attached hydrogen (secondary N) is 1. The molecule has 1 aromatic carbocycles. The fourth-order valence-corrected chi connectivity index (χ4v) is 3.03. The first-order valence-corrected chi connectivity index (χ1v) is 9.13. The highest BCUT2D eigenvalue weighted by Gasteiger charge is 2.33. The molecule has 3 rings (SSSR count). The van der Waals surface area contributed by atoms with Crippen LogP contribution in [-0.2, 0) is 14.3 Å². The zero-order chi connectivity index (χ0) is 20.1. The third-order valence-electron chi connectivity index (χ3n) is 4.21. The SMILES string of the molecule is CCOC(=S)NC[C@H]1CN(c2ccc(N3C=NN(C=O)CC3)c(F)c2)C(=O)O1. The Morgan fingerprint density at radius 2 is 2.32 bits per heavy atom. The van der Waals surface area contributed by atoms with Gasteiger partial charge in [-0.1, -0.05) is 0 Å². The van der Waals surface area contributed by atoms with Gasteiger partial charge in [0.15, 0.2) is 0 Å². The fourth-order valence-electron chi connectivity index (χ4n) is 2.83. The molecule has 1 atom stereocenters. The summed E-state index contributed by atoms with van der Waals surface area (Å²) >= 11 is 4.97. The molecule has 2 heterocycles. The number of thiocarbonyl (C=S) groups is 1. The van der Waals surface area contributed by atoms with Gasteiger partial charge in [0, 0.05) is 6.54 Å². The first kappa shape index (κ1) is 19.8. The van der Waals surface area contributed by atoms with Crippen LogP contribution < -0.4 is 15.1 Å². The molecule has 2 aliphatic heterocycles. The summed E-state index contributed by atoms with van der Waals surface area (Å²) < 4.78 is 25.0. The van der Waals surface area contributed by atoms with Gasteiger partial charge in [-0.25, -0.2) is 14.2 Å². The topological polar surface area (TPSA) is 86.7 Å². The summed E-state index contributed by atoms with van der Waals surface area (Å²) in [6, 6.07) is 4.48. The first-order valence-electron chi connectivity index (χ1n) is 8.72. The van der Waals surface area contributed by atoms with E-state index in [1.165, 1.54) is 22.3 Å². The van der Waals surface area contributed by atoms with E-state index >= 15 is 0 Å². The summed E-state index contributed by atoms with van der Waals surface area (Å²) in [7, 11) is 0. The number of ether oxygens (including phenoxy) is 2. The highest BCUT2D eigenvalue weighted by Crippen LogP contribution is 2.28. The van der Waals surface area contributed by atoms with E-state index in [2.05, 4.69) is 10.4 Å². The molecule has 9 nitrogen and oxygen atoms in total. The maximum atomic E-state index is 14.6. The number of nitrogens with zero attached hydrogens (tertiary/aromatic N) is 4. The molecule has 1 saturated heterocycles. The van der Waals surface area contributed by atoms with Crippen LogP contribution in [0.3, 0.4) is 0 Å². The number of hydrogen-bond donors (Lipinski definition) is 1. The van der Waals surface area contributed by atoms with Crippen molar-refractivity contribution in [1.82, 2.24) is 10.3 Å². The van der Waals surface area contributed by atoms with Gasteiger partial charge in [-0.15, -0.1) is 0 Å². The van der Waals surface area contributed by atoms with Crippen molar-refractivity contribution in [3.8, 4) is 0 Å². The van der Waals surface area contributed by atoms with Crippen LogP contribution in [0.1, 0.15) is 6.92 Å². The van der Waals surface area contributed by atoms with Gasteiger partial charge in [0.1, 0.15) is 18.3 Å². The van der Waals surface area contributed by atoms with Gasteiger partial charge >= 0.3 is 6.09 Å². The fraction of sp³-hybridized carbons (Fsp3) is 0.412. The van der Waals surface area contributed by atoms with Crippen LogP contribution in [0, 0.1) is 5.82 Å². The second kappa shape index (κ2) is 8.83. The maximum Gasteiger partial charge on any atom is 0.414 e. The highest BCUT2D eigenvalue weighted by molar-refractivity contribution is 7.80. The lowest BCUT2D eigenvalue weighted by Crippen LogP contribution is -2.37. The lowest BCUT2D eigenvalue weighted by Gasteiger charge is -2.27. The number of cyclic esters (lactones) is 1. The van der Waals surface area contributed by atoms with Crippen LogP contribution in [0.5, 0.6) is 0 Å². The van der Waals surface area contributed by atoms with Crippen LogP contribution in [0.15, 0.2) is 23.3 Å². The van der Waals surface area contributed by atoms with Crippen molar-refractivity contribution in [2.24, 2.45) is 5.10 Å². The molecule has 150 valence electrons. The number of carbonyl (C=O) groups excluding carboxylic acids is 2. The number of halogens is 1. The van der Waals surface area contributed by atoms with E-state index in [0.717, 1.165) is 0 Å². The van der Waals surface area contributed by atoms with Gasteiger partial charge in [-0.05, 0) is 37.3 Å². The summed E-state index contributed by atoms with van der Waals surface area (Å²) in [5, 5.41) is 8.25. The van der Waals surface area contributed by atoms with Crippen molar-refractivity contribution >= 4 is 47.6 Å². The zero-order valence-electron chi connectivity index (χ0n) is 15.2. The van der Waals surface area contributed by atoms with Crippen LogP contribution in [0.2, 0.25) is 0 Å². The molecule has 0 aliphatic carbocycles. The molecule has 1 aromatic rings. The average Bonchev–Trinajstić information content (AvgIpc) is 3.07. The number of benzene rings is 1. The number of rotatable bonds is 6. The van der Waals surface area contributed by atoms with Crippen molar-refractivity contribution in [1.29, 1.82) is 0 Å². The summed E-state index contributed by atoms with van der Waals surface area (Å²) in [4.78, 5) is 25.8. The number of hydrogen-bond acceptors (Lipinski definition) is 7. The van der Waals surface area contributed by atoms with Crippen LogP contribution in [0.4, 0.5) is 20.6 Å². The van der Waals surface area contributed by atoms with Gasteiger partial charge in [0.2, 0.25) is 6.41 Å². The molecule has 0 unspecified atom stereocenters. The van der Waals surface area contributed by atoms with Crippen LogP contribution in [0.25, 0.3) is 0 Å². The quantitative estimate of drug-likeness (QED) is 0.560. The molecule has 0 aromatic heterocycles. The van der Waals surface area contributed by atoms with Gasteiger partial charge in [-0.3, -0.25) is 9.69 Å². The Balaban J connectivity index is 1.64. The number of amides is 2. The van der Waals surface area contributed by atoms with Gasteiger partial charge < -0.3 is 19.7 Å². The summed E-state index contributed by atoms with van der Waals surface area (Å²) in [6.45, 7) is 3.61. The van der Waals surface area contributed by atoms with Crippen molar-refractivity contribution in [3.63, 3.8) is 0 Å². The highest BCUT2D eigenvalue weighted by atomic mass is 32.1. The van der Waals surface area contributed by atoms with Crippen molar-refractivity contribution in [2.75, 3.05) is 42.6 Å². The van der Waals surface area contributed by atoms with E-state index in [1.54, 1.807) is 17.0 Å². The van der Waals surface area contributed by atoms with Crippen molar-refractivity contribution in [3.05, 3.63) is 24.0 Å². The molecule has 0 radical (unpaired) electrons. The molecule has 11 heteroatoms. The van der Waals surface area contributed by atoms with E-state index in [1.807, 2.05) is 6.92 Å². The normalized spacial score (nSPS) is 18.9. The second-order valence-corrected chi connectivity index (χ2v) is 6.42. The largest absolute Gasteiger partial charge is 0.471 e. The minimum atomic E-state index is -0.553. The second-order valence-electron chi connectivity index (χ2n) is 6.05. The Bertz CT molecular complexity index is 793. The molecular weight excluding hydrogens is 389 g/mol. The molecule has 1 fully saturated rings. The Morgan fingerprint density at radius 3 is 2.96 bits per heavy atom. The Kier molecular flexibility index (Phi) is 6.24. The molecule has 1 N–H and O–H groups in total. The third kappa shape index (κ3) is 4.47. The molecule has 2 amide bonds. The maximum absolute atomic E-state index is 14.6. The zero-order valence-corrected chi connectivity index (χ0v) is 16.0. The van der Waals surface area contributed by atoms with E-state index in [-0.39, 0.29) is 11.7 Å². The summed E-state index contributed by atoms with van der Waals surface area (Å²) in [6.07, 6.45) is 1.02. The predicted octanol–water partition coefficient (Wildman–Crippen LogP) is 1.28. The summed E-state index contributed by atoms with van der Waals surface area (Å²) in [5.41, 5.74) is 0.704. The number of anilines is 2. The molecular formula is C17H20FN5O4S. The lowest BCUT2D eigenvalue weighted by molar-refractivity contribution is -0.118. The van der Waals surface area contributed by atoms with Gasteiger partial charge in [-0.2, -0.15) is 5.10 Å². The average molecular weight is 409 g/mol. The minimum absolute atomic E-state index is 0.240. The molecule has 0 spiro atoms. The smallest absolute Gasteiger partial charge is 0.414 e. The Labute approximate surface area is 166 Å². The molecule has 0 saturated carbocycles. The van der Waals surface area contributed by atoms with Crippen LogP contribution >= 0.6 is 12.2 Å². The third-order valence-corrected chi connectivity index (χ3v) is 4.47. The van der Waals surface area contributed by atoms with E-state index in [0.29, 0.717) is 44.0 Å². The van der Waals surface area contributed by atoms with Crippen molar-refractivity contribution in [2.45, 2.75) is 13.0 Å². The summed E-state index contributed by atoms with van der Waals surface area (Å²) in [5.74, 6) is -0.504. The Hall–Kier alpha value is -2.95. The van der Waals surface area contributed by atoms with E-state index in [4.69, 9.17) is 21.7 Å².